The SMILES string of the molecule is O=C(CN1CCN2CCN3CCN(CC1)CC(=O)[O][Ga]([O]C(=O)C2)[O]C(=O)C3)NC(P(=O)(O)O)P(=O)(O)O. The molecule has 21 heteroatoms. The summed E-state index contributed by atoms with van der Waals surface area (Å²) in [5.41, 5.74) is -2.69. The molecule has 0 aromatic heterocycles. The van der Waals surface area contributed by atoms with E-state index in [1.165, 1.54) is 0 Å². The molecule has 3 aliphatic rings. The van der Waals surface area contributed by atoms with Gasteiger partial charge in [-0.3, -0.25) is 9.13 Å². The molecule has 1 amide bonds. The molecule has 3 saturated heterocycles. The van der Waals surface area contributed by atoms with Gasteiger partial charge in [0.25, 0.3) is 0 Å². The Kier molecular flexibility index (Phi) is 10.9. The van der Waals surface area contributed by atoms with E-state index >= 15 is 0 Å². The van der Waals surface area contributed by atoms with Gasteiger partial charge in [-0.25, -0.2) is 0 Å². The van der Waals surface area contributed by atoms with Gasteiger partial charge in [0.15, 0.2) is 0 Å². The van der Waals surface area contributed by atoms with Crippen molar-refractivity contribution in [1.82, 2.24) is 24.9 Å². The Hall–Kier alpha value is -1.34. The van der Waals surface area contributed by atoms with Crippen LogP contribution in [-0.4, -0.2) is 164 Å². The van der Waals surface area contributed by atoms with E-state index in [-0.39, 0.29) is 45.8 Å². The molecule has 4 bridgehead atoms. The first-order valence-electron chi connectivity index (χ1n) is 11.6. The van der Waals surface area contributed by atoms with Crippen LogP contribution in [0.5, 0.6) is 0 Å². The molecule has 0 saturated carbocycles. The number of fused-ring (bicyclic) bond motifs is 7. The summed E-state index contributed by atoms with van der Waals surface area (Å²) in [6, 6.07) is 0. The molecule has 0 aromatic carbocycles. The summed E-state index contributed by atoms with van der Waals surface area (Å²) >= 11 is -4.00. The molecule has 3 heterocycles. The van der Waals surface area contributed by atoms with Gasteiger partial charge in [0.05, 0.1) is 0 Å². The van der Waals surface area contributed by atoms with Crippen LogP contribution in [0.4, 0.5) is 0 Å². The molecule has 2 unspecified atom stereocenters. The number of nitrogens with zero attached hydrogens (tertiary/aromatic N) is 4. The fraction of sp³-hybridized carbons (Fsp3) is 0.765. The molecule has 2 atom stereocenters. The monoisotopic (exact) mass is 643 g/mol. The van der Waals surface area contributed by atoms with Gasteiger partial charge in [-0.15, -0.1) is 0 Å². The van der Waals surface area contributed by atoms with Gasteiger partial charge in [0.1, 0.15) is 0 Å². The minimum atomic E-state index is -5.37. The van der Waals surface area contributed by atoms with E-state index in [0.29, 0.717) is 26.2 Å². The molecule has 18 nitrogen and oxygen atoms in total. The van der Waals surface area contributed by atoms with Crippen molar-refractivity contribution >= 4 is 56.3 Å². The van der Waals surface area contributed by atoms with Crippen LogP contribution in [0.2, 0.25) is 0 Å². The first kappa shape index (κ1) is 31.2. The normalized spacial score (nSPS) is 26.8. The van der Waals surface area contributed by atoms with Gasteiger partial charge in [-0.2, -0.15) is 0 Å². The summed E-state index contributed by atoms with van der Waals surface area (Å²) in [4.78, 5) is 94.0. The predicted octanol–water partition coefficient (Wildman–Crippen LogP) is -4.40. The molecular weight excluding hydrogens is 614 g/mol. The van der Waals surface area contributed by atoms with Crippen LogP contribution < -0.4 is 5.32 Å². The van der Waals surface area contributed by atoms with Crippen molar-refractivity contribution in [1.29, 1.82) is 0 Å². The zero-order chi connectivity index (χ0) is 28.1. The molecule has 0 spiro atoms. The van der Waals surface area contributed by atoms with E-state index in [2.05, 4.69) is 0 Å². The van der Waals surface area contributed by atoms with Gasteiger partial charge in [0.2, 0.25) is 0 Å². The van der Waals surface area contributed by atoms with E-state index in [1.54, 1.807) is 20.0 Å². The second-order valence-electron chi connectivity index (χ2n) is 8.98. The number of hydrogen-bond acceptors (Lipinski definition) is 13. The Labute approximate surface area is 223 Å². The van der Waals surface area contributed by atoms with Crippen molar-refractivity contribution < 1.29 is 58.5 Å². The fourth-order valence-electron chi connectivity index (χ4n) is 4.02. The molecular formula is C17H30GaN5O13P2. The number of nitrogens with one attached hydrogen (secondary N) is 1. The standard InChI is InChI=1S/C17H33N5O13P2.Ga/c23-13(18-17(36(30,31)32)37(33,34)35)9-19-1-3-20(10-14(24)25)5-7-22(12-16(28)29)8-6-21(4-2-19)11-15(26)27;/h17H,1-12H2,(H,18,23)(H,24,25)(H,26,27)(H,28,29)(H2,30,31,32)(H2,33,34,35);/q;+3/p-3. The molecule has 0 aliphatic carbocycles. The maximum atomic E-state index is 12.6. The summed E-state index contributed by atoms with van der Waals surface area (Å²) in [6.07, 6.45) is 0. The number of carbonyl (C=O) groups excluding carboxylic acids is 4. The minimum Gasteiger partial charge on any atom is -0.323 e. The fourth-order valence-corrected chi connectivity index (χ4v) is 8.34. The van der Waals surface area contributed by atoms with Crippen LogP contribution in [0, 0.1) is 0 Å². The third-order valence-electron chi connectivity index (χ3n) is 5.97. The van der Waals surface area contributed by atoms with Crippen LogP contribution in [-0.2, 0) is 38.9 Å². The van der Waals surface area contributed by atoms with Gasteiger partial charge >= 0.3 is 195 Å². The van der Waals surface area contributed by atoms with E-state index < -0.39 is 68.4 Å². The first-order chi connectivity index (χ1) is 17.7. The van der Waals surface area contributed by atoms with E-state index in [0.717, 1.165) is 0 Å². The second kappa shape index (κ2) is 13.3. The molecule has 3 aliphatic heterocycles. The van der Waals surface area contributed by atoms with Crippen molar-refractivity contribution in [2.75, 3.05) is 78.5 Å². The first-order valence-corrected chi connectivity index (χ1v) is 17.9. The van der Waals surface area contributed by atoms with Gasteiger partial charge in [0, 0.05) is 0 Å². The summed E-state index contributed by atoms with van der Waals surface area (Å²) in [5.74, 6) is -3.17. The molecule has 38 heavy (non-hydrogen) atoms. The Morgan fingerprint density at radius 2 is 1.08 bits per heavy atom. The van der Waals surface area contributed by atoms with Crippen molar-refractivity contribution in [2.45, 2.75) is 5.52 Å². The molecule has 0 aromatic rings. The molecule has 3 rings (SSSR count). The quantitative estimate of drug-likeness (QED) is 0.140. The van der Waals surface area contributed by atoms with E-state index in [9.17, 15) is 47.9 Å². The number of amides is 1. The van der Waals surface area contributed by atoms with Gasteiger partial charge < -0.3 is 19.6 Å². The number of hydrogen-bond donors (Lipinski definition) is 5. The zero-order valence-electron chi connectivity index (χ0n) is 20.3. The Balaban J connectivity index is 1.82. The molecule has 3 fully saturated rings. The Bertz CT molecular complexity index is 951. The summed E-state index contributed by atoms with van der Waals surface area (Å²) in [5, 5.41) is 1.74. The van der Waals surface area contributed by atoms with Crippen LogP contribution in [0.15, 0.2) is 0 Å². The van der Waals surface area contributed by atoms with Gasteiger partial charge in [-0.1, -0.05) is 0 Å². The minimum absolute atomic E-state index is 0.0782. The topological polar surface area (TPSA) is 236 Å². The van der Waals surface area contributed by atoms with E-state index in [4.69, 9.17) is 10.6 Å². The van der Waals surface area contributed by atoms with Crippen LogP contribution in [0.1, 0.15) is 0 Å². The average molecular weight is 644 g/mol. The number of carbonyl (C=O) groups is 4. The summed E-state index contributed by atoms with van der Waals surface area (Å²) in [7, 11) is -10.7. The molecule has 0 radical (unpaired) electrons. The van der Waals surface area contributed by atoms with Crippen molar-refractivity contribution in [2.24, 2.45) is 0 Å². The third kappa shape index (κ3) is 10.00. The Morgan fingerprint density at radius 1 is 0.737 bits per heavy atom. The van der Waals surface area contributed by atoms with Crippen molar-refractivity contribution in [3.05, 3.63) is 0 Å². The van der Waals surface area contributed by atoms with Crippen LogP contribution >= 0.6 is 15.2 Å². The number of rotatable bonds is 5. The van der Waals surface area contributed by atoms with E-state index in [1.807, 2.05) is 4.90 Å². The van der Waals surface area contributed by atoms with Crippen LogP contribution in [0.25, 0.3) is 0 Å². The molecule has 5 N–H and O–H groups in total. The predicted molar refractivity (Wildman–Crippen MR) is 126 cm³/mol. The zero-order valence-corrected chi connectivity index (χ0v) is 24.5. The third-order valence-corrected chi connectivity index (χ3v) is 12.2. The van der Waals surface area contributed by atoms with Crippen molar-refractivity contribution in [3.63, 3.8) is 0 Å². The molecule has 214 valence electrons. The smallest absolute Gasteiger partial charge is 0.323 e. The maximum absolute atomic E-state index is 12.6. The summed E-state index contributed by atoms with van der Waals surface area (Å²) < 4.78 is 38.8. The Morgan fingerprint density at radius 3 is 1.42 bits per heavy atom. The average Bonchev–Trinajstić information content (AvgIpc) is 2.80. The second-order valence-corrected chi connectivity index (χ2v) is 15.5. The van der Waals surface area contributed by atoms with Crippen LogP contribution in [0.3, 0.4) is 0 Å². The summed E-state index contributed by atoms with van der Waals surface area (Å²) in [6.45, 7) is 1.31. The van der Waals surface area contributed by atoms with Gasteiger partial charge in [-0.05, 0) is 0 Å². The van der Waals surface area contributed by atoms with Crippen molar-refractivity contribution in [3.8, 4) is 0 Å².